The second kappa shape index (κ2) is 17.5. The van der Waals surface area contributed by atoms with E-state index in [4.69, 9.17) is 5.11 Å². The molecule has 0 aliphatic carbocycles. The minimum Gasteiger partial charge on any atom is -0.395 e. The quantitative estimate of drug-likeness (QED) is 0.227. The van der Waals surface area contributed by atoms with Gasteiger partial charge in [0.15, 0.2) is 0 Å². The first-order valence-electron chi connectivity index (χ1n) is 11.3. The predicted octanol–water partition coefficient (Wildman–Crippen LogP) is 6.11. The summed E-state index contributed by atoms with van der Waals surface area (Å²) < 4.78 is 0. The summed E-state index contributed by atoms with van der Waals surface area (Å²) in [5, 5.41) is 12.4. The Morgan fingerprint density at radius 2 is 1.42 bits per heavy atom. The second-order valence-corrected chi connectivity index (χ2v) is 7.69. The monoisotopic (exact) mass is 364 g/mol. The van der Waals surface area contributed by atoms with Crippen LogP contribution in [0.2, 0.25) is 0 Å². The van der Waals surface area contributed by atoms with Crippen LogP contribution in [-0.2, 0) is 0 Å². The van der Waals surface area contributed by atoms with Gasteiger partial charge in [-0.3, -0.25) is 0 Å². The smallest absolute Gasteiger partial charge is 0.0982 e. The van der Waals surface area contributed by atoms with Crippen LogP contribution in [0.5, 0.6) is 0 Å². The highest BCUT2D eigenvalue weighted by Crippen LogP contribution is 2.15. The van der Waals surface area contributed by atoms with E-state index in [-0.39, 0.29) is 6.61 Å². The SMILES string of the molecule is CCCCC/C=C/CCCCCCCCCCCC1NC=CN1CCO. The summed E-state index contributed by atoms with van der Waals surface area (Å²) in [6.07, 6.45) is 29.5. The fraction of sp³-hybridized carbons (Fsp3) is 0.826. The number of hydrogen-bond acceptors (Lipinski definition) is 3. The second-order valence-electron chi connectivity index (χ2n) is 7.69. The van der Waals surface area contributed by atoms with E-state index in [1.54, 1.807) is 0 Å². The van der Waals surface area contributed by atoms with Crippen molar-refractivity contribution in [1.82, 2.24) is 10.2 Å². The lowest BCUT2D eigenvalue weighted by Crippen LogP contribution is -2.36. The zero-order valence-electron chi connectivity index (χ0n) is 17.3. The highest BCUT2D eigenvalue weighted by Gasteiger charge is 2.16. The van der Waals surface area contributed by atoms with E-state index in [1.165, 1.54) is 96.3 Å². The van der Waals surface area contributed by atoms with Crippen molar-refractivity contribution in [3.05, 3.63) is 24.6 Å². The molecule has 0 bridgehead atoms. The minimum absolute atomic E-state index is 0.234. The summed E-state index contributed by atoms with van der Waals surface area (Å²) in [5.41, 5.74) is 0. The van der Waals surface area contributed by atoms with Gasteiger partial charge in [0.1, 0.15) is 0 Å². The van der Waals surface area contributed by atoms with E-state index < -0.39 is 0 Å². The van der Waals surface area contributed by atoms with E-state index in [2.05, 4.69) is 35.5 Å². The fourth-order valence-electron chi connectivity index (χ4n) is 3.63. The summed E-state index contributed by atoms with van der Waals surface area (Å²) in [6, 6.07) is 0. The van der Waals surface area contributed by atoms with Gasteiger partial charge in [-0.1, -0.05) is 76.9 Å². The molecule has 1 aliphatic rings. The molecule has 2 N–H and O–H groups in total. The van der Waals surface area contributed by atoms with Gasteiger partial charge < -0.3 is 15.3 Å². The Morgan fingerprint density at radius 1 is 0.846 bits per heavy atom. The highest BCUT2D eigenvalue weighted by atomic mass is 16.3. The van der Waals surface area contributed by atoms with Gasteiger partial charge in [-0.15, -0.1) is 0 Å². The maximum Gasteiger partial charge on any atom is 0.0982 e. The summed E-state index contributed by atoms with van der Waals surface area (Å²) in [6.45, 7) is 3.24. The molecule has 1 rings (SSSR count). The van der Waals surface area contributed by atoms with Crippen molar-refractivity contribution in [3.63, 3.8) is 0 Å². The molecule has 0 radical (unpaired) electrons. The largest absolute Gasteiger partial charge is 0.395 e. The van der Waals surface area contributed by atoms with Crippen LogP contribution >= 0.6 is 0 Å². The van der Waals surface area contributed by atoms with Gasteiger partial charge in [-0.2, -0.15) is 0 Å². The number of unbranched alkanes of at least 4 members (excludes halogenated alkanes) is 12. The van der Waals surface area contributed by atoms with Crippen molar-refractivity contribution >= 4 is 0 Å². The zero-order chi connectivity index (χ0) is 18.7. The number of β-amino-alcohol motifs (C(OH)–C–C–N with tert-alkyl or cyclic N) is 1. The molecule has 0 amide bonds. The first-order valence-corrected chi connectivity index (χ1v) is 11.3. The van der Waals surface area contributed by atoms with Crippen molar-refractivity contribution in [2.45, 2.75) is 109 Å². The van der Waals surface area contributed by atoms with Crippen LogP contribution in [-0.4, -0.2) is 29.3 Å². The zero-order valence-corrected chi connectivity index (χ0v) is 17.3. The Morgan fingerprint density at radius 3 is 2.04 bits per heavy atom. The van der Waals surface area contributed by atoms with Crippen LogP contribution in [0.15, 0.2) is 24.6 Å². The molecule has 1 aliphatic heterocycles. The normalized spacial score (nSPS) is 16.7. The fourth-order valence-corrected chi connectivity index (χ4v) is 3.63. The van der Waals surface area contributed by atoms with Gasteiger partial charge in [0, 0.05) is 18.9 Å². The lowest BCUT2D eigenvalue weighted by Gasteiger charge is -2.24. The van der Waals surface area contributed by atoms with Crippen LogP contribution < -0.4 is 5.32 Å². The van der Waals surface area contributed by atoms with Gasteiger partial charge in [0.2, 0.25) is 0 Å². The average Bonchev–Trinajstić information content (AvgIpc) is 3.09. The Labute approximate surface area is 162 Å². The van der Waals surface area contributed by atoms with Gasteiger partial charge >= 0.3 is 0 Å². The highest BCUT2D eigenvalue weighted by molar-refractivity contribution is 4.93. The number of aliphatic hydroxyl groups is 1. The first kappa shape index (κ1) is 23.1. The molecule has 3 nitrogen and oxygen atoms in total. The maximum absolute atomic E-state index is 9.05. The summed E-state index contributed by atoms with van der Waals surface area (Å²) >= 11 is 0. The lowest BCUT2D eigenvalue weighted by atomic mass is 10.0. The Kier molecular flexibility index (Phi) is 15.5. The average molecular weight is 365 g/mol. The number of hydrogen-bond donors (Lipinski definition) is 2. The van der Waals surface area contributed by atoms with Crippen LogP contribution in [0.25, 0.3) is 0 Å². The van der Waals surface area contributed by atoms with E-state index in [1.807, 2.05) is 6.20 Å². The van der Waals surface area contributed by atoms with Crippen LogP contribution in [0.3, 0.4) is 0 Å². The molecular weight excluding hydrogens is 320 g/mol. The molecule has 0 saturated heterocycles. The number of rotatable bonds is 18. The van der Waals surface area contributed by atoms with E-state index >= 15 is 0 Å². The van der Waals surface area contributed by atoms with Crippen molar-refractivity contribution in [2.75, 3.05) is 13.2 Å². The molecule has 1 unspecified atom stereocenters. The van der Waals surface area contributed by atoms with Crippen LogP contribution in [0.4, 0.5) is 0 Å². The van der Waals surface area contributed by atoms with Crippen LogP contribution in [0.1, 0.15) is 103 Å². The molecule has 3 heteroatoms. The minimum atomic E-state index is 0.234. The third-order valence-corrected chi connectivity index (χ3v) is 5.30. The third kappa shape index (κ3) is 12.4. The molecule has 152 valence electrons. The number of nitrogens with one attached hydrogen (secondary N) is 1. The van der Waals surface area contributed by atoms with E-state index in [9.17, 15) is 0 Å². The molecule has 1 heterocycles. The maximum atomic E-state index is 9.05. The van der Waals surface area contributed by atoms with Gasteiger partial charge in [-0.05, 0) is 38.5 Å². The molecule has 26 heavy (non-hydrogen) atoms. The Balaban J connectivity index is 1.77. The molecule has 1 atom stereocenters. The van der Waals surface area contributed by atoms with Crippen molar-refractivity contribution in [1.29, 1.82) is 0 Å². The summed E-state index contributed by atoms with van der Waals surface area (Å²) in [7, 11) is 0. The summed E-state index contributed by atoms with van der Waals surface area (Å²) in [4.78, 5) is 2.21. The number of nitrogens with zero attached hydrogens (tertiary/aromatic N) is 1. The third-order valence-electron chi connectivity index (χ3n) is 5.30. The van der Waals surface area contributed by atoms with Gasteiger partial charge in [0.05, 0.1) is 12.8 Å². The molecule has 0 aromatic carbocycles. The number of allylic oxidation sites excluding steroid dienone is 2. The standard InChI is InChI=1S/C23H44N2O/c1-2-3-4-5-6-7-8-9-10-11-12-13-14-15-16-17-18-23-24-19-20-25(23)21-22-26/h6-7,19-20,23-24,26H,2-5,8-18,21-22H2,1H3/b7-6+. The Bertz CT molecular complexity index is 354. The topological polar surface area (TPSA) is 35.5 Å². The van der Waals surface area contributed by atoms with Crippen molar-refractivity contribution < 1.29 is 5.11 Å². The molecular formula is C23H44N2O. The van der Waals surface area contributed by atoms with Crippen molar-refractivity contribution in [2.24, 2.45) is 0 Å². The molecule has 0 fully saturated rings. The molecule has 0 spiro atoms. The summed E-state index contributed by atoms with van der Waals surface area (Å²) in [5.74, 6) is 0. The number of aliphatic hydroxyl groups excluding tert-OH is 1. The van der Waals surface area contributed by atoms with E-state index in [0.29, 0.717) is 6.17 Å². The van der Waals surface area contributed by atoms with Gasteiger partial charge in [0.25, 0.3) is 0 Å². The Hall–Kier alpha value is -0.960. The van der Waals surface area contributed by atoms with Crippen LogP contribution in [0, 0.1) is 0 Å². The predicted molar refractivity (Wildman–Crippen MR) is 114 cm³/mol. The molecule has 0 aromatic rings. The van der Waals surface area contributed by atoms with Gasteiger partial charge in [-0.25, -0.2) is 0 Å². The van der Waals surface area contributed by atoms with Crippen molar-refractivity contribution in [3.8, 4) is 0 Å². The molecule has 0 saturated carbocycles. The van der Waals surface area contributed by atoms with E-state index in [0.717, 1.165) is 6.54 Å². The first-order chi connectivity index (χ1) is 12.9. The lowest BCUT2D eigenvalue weighted by molar-refractivity contribution is 0.194. The molecule has 0 aromatic heterocycles.